The first-order valence-corrected chi connectivity index (χ1v) is 8.62. The van der Waals surface area contributed by atoms with E-state index in [9.17, 15) is 0 Å². The van der Waals surface area contributed by atoms with Crippen molar-refractivity contribution in [2.75, 3.05) is 13.7 Å². The van der Waals surface area contributed by atoms with E-state index in [1.165, 1.54) is 22.3 Å². The topological polar surface area (TPSA) is 18.5 Å². The summed E-state index contributed by atoms with van der Waals surface area (Å²) in [6.45, 7) is 2.64. The quantitative estimate of drug-likeness (QED) is 0.457. The van der Waals surface area contributed by atoms with E-state index in [0.717, 1.165) is 6.42 Å². The van der Waals surface area contributed by atoms with E-state index in [1.54, 1.807) is 7.11 Å². The molecule has 0 aromatic heterocycles. The SMILES string of the molecule is CCOC(Cc1ccc(-c2ccccc2/C=C/I)cc1)OC. The lowest BCUT2D eigenvalue weighted by atomic mass is 9.98. The zero-order chi connectivity index (χ0) is 15.8. The first-order chi connectivity index (χ1) is 10.8. The second kappa shape index (κ2) is 9.08. The molecule has 0 radical (unpaired) electrons. The van der Waals surface area contributed by atoms with Crippen molar-refractivity contribution in [3.63, 3.8) is 0 Å². The molecule has 2 aromatic carbocycles. The van der Waals surface area contributed by atoms with Crippen molar-refractivity contribution < 1.29 is 9.47 Å². The molecule has 0 aliphatic heterocycles. The molecule has 0 aliphatic carbocycles. The average molecular weight is 408 g/mol. The van der Waals surface area contributed by atoms with Crippen molar-refractivity contribution in [3.05, 3.63) is 63.7 Å². The minimum absolute atomic E-state index is 0.176. The lowest BCUT2D eigenvalue weighted by molar-refractivity contribution is -0.118. The number of methoxy groups -OCH3 is 1. The normalized spacial score (nSPS) is 12.7. The molecular weight excluding hydrogens is 387 g/mol. The van der Waals surface area contributed by atoms with Crippen LogP contribution in [0.3, 0.4) is 0 Å². The summed E-state index contributed by atoms with van der Waals surface area (Å²) in [7, 11) is 1.68. The van der Waals surface area contributed by atoms with Gasteiger partial charge in [0.1, 0.15) is 0 Å². The summed E-state index contributed by atoms with van der Waals surface area (Å²) in [5, 5.41) is 0. The van der Waals surface area contributed by atoms with Crippen LogP contribution in [0.25, 0.3) is 17.2 Å². The Kier molecular flexibility index (Phi) is 7.09. The van der Waals surface area contributed by atoms with Gasteiger partial charge in [0.15, 0.2) is 6.29 Å². The minimum atomic E-state index is -0.176. The molecule has 0 bridgehead atoms. The number of hydrogen-bond acceptors (Lipinski definition) is 2. The number of benzene rings is 2. The Balaban J connectivity index is 2.19. The first kappa shape index (κ1) is 17.2. The summed E-state index contributed by atoms with van der Waals surface area (Å²) in [4.78, 5) is 0. The second-order valence-electron chi connectivity index (χ2n) is 4.90. The fraction of sp³-hybridized carbons (Fsp3) is 0.263. The Labute approximate surface area is 146 Å². The molecule has 2 nitrogen and oxygen atoms in total. The van der Waals surface area contributed by atoms with Crippen LogP contribution in [0.4, 0.5) is 0 Å². The van der Waals surface area contributed by atoms with Crippen molar-refractivity contribution in [1.29, 1.82) is 0 Å². The van der Waals surface area contributed by atoms with Gasteiger partial charge in [0.2, 0.25) is 0 Å². The highest BCUT2D eigenvalue weighted by Crippen LogP contribution is 2.25. The van der Waals surface area contributed by atoms with Gasteiger partial charge >= 0.3 is 0 Å². The van der Waals surface area contributed by atoms with Gasteiger partial charge in [0.25, 0.3) is 0 Å². The van der Waals surface area contributed by atoms with Gasteiger partial charge in [0.05, 0.1) is 0 Å². The molecule has 0 fully saturated rings. The predicted octanol–water partition coefficient (Wildman–Crippen LogP) is 5.31. The van der Waals surface area contributed by atoms with Crippen molar-refractivity contribution >= 4 is 28.7 Å². The molecule has 0 saturated carbocycles. The molecular formula is C19H21IO2. The molecule has 2 aromatic rings. The van der Waals surface area contributed by atoms with E-state index in [2.05, 4.69) is 77.2 Å². The van der Waals surface area contributed by atoms with Crippen molar-refractivity contribution in [2.24, 2.45) is 0 Å². The van der Waals surface area contributed by atoms with Crippen LogP contribution in [-0.2, 0) is 15.9 Å². The van der Waals surface area contributed by atoms with Gasteiger partial charge in [-0.1, -0.05) is 71.1 Å². The number of rotatable bonds is 7. The fourth-order valence-electron chi connectivity index (χ4n) is 2.38. The van der Waals surface area contributed by atoms with Crippen LogP contribution in [0.15, 0.2) is 52.6 Å². The summed E-state index contributed by atoms with van der Waals surface area (Å²) >= 11 is 2.25. The highest BCUT2D eigenvalue weighted by Gasteiger charge is 2.08. The maximum absolute atomic E-state index is 5.53. The zero-order valence-electron chi connectivity index (χ0n) is 13.0. The van der Waals surface area contributed by atoms with E-state index < -0.39 is 0 Å². The molecule has 0 saturated heterocycles. The monoisotopic (exact) mass is 408 g/mol. The van der Waals surface area contributed by atoms with Crippen LogP contribution in [0.2, 0.25) is 0 Å². The van der Waals surface area contributed by atoms with Crippen molar-refractivity contribution in [1.82, 2.24) is 0 Å². The summed E-state index contributed by atoms with van der Waals surface area (Å²) in [6.07, 6.45) is 2.71. The van der Waals surface area contributed by atoms with Gasteiger partial charge in [-0.25, -0.2) is 0 Å². The summed E-state index contributed by atoms with van der Waals surface area (Å²) in [5.41, 5.74) is 4.91. The maximum Gasteiger partial charge on any atom is 0.161 e. The molecule has 22 heavy (non-hydrogen) atoms. The molecule has 0 aliphatic rings. The van der Waals surface area contributed by atoms with Crippen LogP contribution >= 0.6 is 22.6 Å². The second-order valence-corrected chi connectivity index (χ2v) is 5.62. The molecule has 2 rings (SSSR count). The van der Waals surface area contributed by atoms with Crippen molar-refractivity contribution in [3.8, 4) is 11.1 Å². The Morgan fingerprint density at radius 2 is 1.82 bits per heavy atom. The van der Waals surface area contributed by atoms with Crippen LogP contribution in [0.1, 0.15) is 18.1 Å². The summed E-state index contributed by atoms with van der Waals surface area (Å²) in [5.74, 6) is 0. The lowest BCUT2D eigenvalue weighted by Gasteiger charge is -2.15. The van der Waals surface area contributed by atoms with Crippen molar-refractivity contribution in [2.45, 2.75) is 19.6 Å². The number of hydrogen-bond donors (Lipinski definition) is 0. The predicted molar refractivity (Wildman–Crippen MR) is 101 cm³/mol. The Hall–Kier alpha value is -1.17. The van der Waals surface area contributed by atoms with E-state index in [1.807, 2.05) is 11.0 Å². The van der Waals surface area contributed by atoms with Crippen LogP contribution in [0, 0.1) is 0 Å². The third-order valence-corrected chi connectivity index (χ3v) is 3.85. The molecule has 0 amide bonds. The van der Waals surface area contributed by atoms with E-state index in [4.69, 9.17) is 9.47 Å². The Bertz CT molecular complexity index is 605. The van der Waals surface area contributed by atoms with E-state index >= 15 is 0 Å². The van der Waals surface area contributed by atoms with Gasteiger partial charge in [-0.05, 0) is 39.3 Å². The van der Waals surface area contributed by atoms with Gasteiger partial charge in [-0.2, -0.15) is 0 Å². The molecule has 0 heterocycles. The largest absolute Gasteiger partial charge is 0.356 e. The third-order valence-electron chi connectivity index (χ3n) is 3.49. The lowest BCUT2D eigenvalue weighted by Crippen LogP contribution is -2.18. The van der Waals surface area contributed by atoms with Gasteiger partial charge < -0.3 is 9.47 Å². The van der Waals surface area contributed by atoms with Gasteiger partial charge in [0, 0.05) is 20.1 Å². The van der Waals surface area contributed by atoms with Crippen LogP contribution in [0.5, 0.6) is 0 Å². The Morgan fingerprint density at radius 1 is 1.09 bits per heavy atom. The van der Waals surface area contributed by atoms with Gasteiger partial charge in [-0.3, -0.25) is 0 Å². The average Bonchev–Trinajstić information content (AvgIpc) is 2.56. The van der Waals surface area contributed by atoms with Crippen LogP contribution < -0.4 is 0 Å². The number of ether oxygens (including phenoxy) is 2. The molecule has 3 heteroatoms. The molecule has 1 unspecified atom stereocenters. The molecule has 1 atom stereocenters. The molecule has 0 N–H and O–H groups in total. The highest BCUT2D eigenvalue weighted by atomic mass is 127. The summed E-state index contributed by atoms with van der Waals surface area (Å²) in [6, 6.07) is 17.0. The third kappa shape index (κ3) is 4.66. The number of halogens is 1. The molecule has 116 valence electrons. The first-order valence-electron chi connectivity index (χ1n) is 7.38. The smallest absolute Gasteiger partial charge is 0.161 e. The Morgan fingerprint density at radius 3 is 2.45 bits per heavy atom. The summed E-state index contributed by atoms with van der Waals surface area (Å²) < 4.78 is 12.9. The fourth-order valence-corrected chi connectivity index (χ4v) is 2.77. The zero-order valence-corrected chi connectivity index (χ0v) is 15.1. The standard InChI is InChI=1S/C19H21IO2/c1-3-22-19(21-2)14-15-8-10-17(11-9-15)18-7-5-4-6-16(18)12-13-20/h4-13,19H,3,14H2,1-2H3/b13-12+. The van der Waals surface area contributed by atoms with Crippen LogP contribution in [-0.4, -0.2) is 20.0 Å². The van der Waals surface area contributed by atoms with E-state index in [-0.39, 0.29) is 6.29 Å². The molecule has 0 spiro atoms. The highest BCUT2D eigenvalue weighted by molar-refractivity contribution is 14.1. The minimum Gasteiger partial charge on any atom is -0.356 e. The van der Waals surface area contributed by atoms with E-state index in [0.29, 0.717) is 6.61 Å². The van der Waals surface area contributed by atoms with Gasteiger partial charge in [-0.15, -0.1) is 0 Å². The maximum atomic E-state index is 5.53.